The van der Waals surface area contributed by atoms with Crippen LogP contribution in [0.3, 0.4) is 0 Å². The van der Waals surface area contributed by atoms with Gasteiger partial charge in [0.2, 0.25) is 5.91 Å². The Kier molecular flexibility index (Phi) is 6.87. The molecule has 0 aliphatic carbocycles. The molecule has 0 aromatic heterocycles. The van der Waals surface area contributed by atoms with Crippen molar-refractivity contribution < 1.29 is 4.79 Å². The molecule has 5 nitrogen and oxygen atoms in total. The average molecular weight is 395 g/mol. The van der Waals surface area contributed by atoms with Crippen molar-refractivity contribution in [1.29, 1.82) is 0 Å². The van der Waals surface area contributed by atoms with Gasteiger partial charge in [0.15, 0.2) is 5.17 Å². The molecule has 1 unspecified atom stereocenters. The maximum absolute atomic E-state index is 12.8. The van der Waals surface area contributed by atoms with Crippen LogP contribution < -0.4 is 4.90 Å². The number of thioether (sulfide) groups is 1. The Morgan fingerprint density at radius 1 is 1.11 bits per heavy atom. The molecule has 1 saturated heterocycles. The molecule has 1 atom stereocenters. The molecular formula is C22H26N4OS. The van der Waals surface area contributed by atoms with Crippen molar-refractivity contribution in [2.24, 2.45) is 10.2 Å². The Hall–Kier alpha value is -2.60. The SMILES string of the molecule is CCCC1SC(=NN=Cc2ccc(N(C)C)cc2)N(Cc2ccccc2)C1=O. The molecule has 146 valence electrons. The predicted molar refractivity (Wildman–Crippen MR) is 119 cm³/mol. The maximum atomic E-state index is 12.8. The molecule has 1 heterocycles. The molecule has 1 amide bonds. The van der Waals surface area contributed by atoms with E-state index in [0.29, 0.717) is 11.7 Å². The summed E-state index contributed by atoms with van der Waals surface area (Å²) in [5, 5.41) is 9.24. The number of hydrogen-bond acceptors (Lipinski definition) is 5. The van der Waals surface area contributed by atoms with Crippen molar-refractivity contribution in [3.63, 3.8) is 0 Å². The van der Waals surface area contributed by atoms with Gasteiger partial charge in [0, 0.05) is 19.8 Å². The third kappa shape index (κ3) is 5.01. The van der Waals surface area contributed by atoms with E-state index in [1.54, 1.807) is 11.1 Å². The second-order valence-electron chi connectivity index (χ2n) is 6.92. The van der Waals surface area contributed by atoms with Crippen LogP contribution in [-0.4, -0.2) is 41.5 Å². The van der Waals surface area contributed by atoms with Crippen molar-refractivity contribution in [3.8, 4) is 0 Å². The van der Waals surface area contributed by atoms with Crippen LogP contribution in [0.15, 0.2) is 64.8 Å². The van der Waals surface area contributed by atoms with Crippen molar-refractivity contribution in [2.75, 3.05) is 19.0 Å². The highest BCUT2D eigenvalue weighted by Gasteiger charge is 2.37. The zero-order valence-corrected chi connectivity index (χ0v) is 17.4. The minimum Gasteiger partial charge on any atom is -0.378 e. The van der Waals surface area contributed by atoms with Crippen molar-refractivity contribution in [2.45, 2.75) is 31.6 Å². The summed E-state index contributed by atoms with van der Waals surface area (Å²) in [5.74, 6) is 0.125. The molecule has 1 aliphatic rings. The number of amides is 1. The third-order valence-electron chi connectivity index (χ3n) is 4.51. The monoisotopic (exact) mass is 394 g/mol. The molecule has 2 aromatic rings. The van der Waals surface area contributed by atoms with Gasteiger partial charge in [-0.3, -0.25) is 9.69 Å². The molecule has 28 heavy (non-hydrogen) atoms. The van der Waals surface area contributed by atoms with Gasteiger partial charge in [-0.25, -0.2) is 0 Å². The Labute approximate surface area is 171 Å². The second-order valence-corrected chi connectivity index (χ2v) is 8.09. The molecule has 0 radical (unpaired) electrons. The highest BCUT2D eigenvalue weighted by Crippen LogP contribution is 2.31. The summed E-state index contributed by atoms with van der Waals surface area (Å²) >= 11 is 1.52. The van der Waals surface area contributed by atoms with Crippen LogP contribution in [-0.2, 0) is 11.3 Å². The quantitative estimate of drug-likeness (QED) is 0.517. The highest BCUT2D eigenvalue weighted by atomic mass is 32.2. The van der Waals surface area contributed by atoms with Gasteiger partial charge in [-0.05, 0) is 29.7 Å². The number of hydrogen-bond donors (Lipinski definition) is 0. The van der Waals surface area contributed by atoms with Gasteiger partial charge in [0.25, 0.3) is 0 Å². The number of amidine groups is 1. The zero-order valence-electron chi connectivity index (χ0n) is 16.6. The Morgan fingerprint density at radius 3 is 2.46 bits per heavy atom. The smallest absolute Gasteiger partial charge is 0.242 e. The van der Waals surface area contributed by atoms with Crippen molar-refractivity contribution in [1.82, 2.24) is 4.90 Å². The molecule has 1 aliphatic heterocycles. The summed E-state index contributed by atoms with van der Waals surface area (Å²) in [4.78, 5) is 16.6. The van der Waals surface area contributed by atoms with E-state index in [1.807, 2.05) is 68.7 Å². The first-order valence-corrected chi connectivity index (χ1v) is 10.4. The molecule has 0 N–H and O–H groups in total. The first-order valence-electron chi connectivity index (χ1n) is 9.49. The minimum atomic E-state index is -0.0676. The summed E-state index contributed by atoms with van der Waals surface area (Å²) in [6.07, 6.45) is 3.55. The first kappa shape index (κ1) is 20.1. The van der Waals surface area contributed by atoms with E-state index in [-0.39, 0.29) is 11.2 Å². The summed E-state index contributed by atoms with van der Waals surface area (Å²) in [5.41, 5.74) is 3.20. The zero-order chi connectivity index (χ0) is 19.9. The number of carbonyl (C=O) groups is 1. The standard InChI is InChI=1S/C22H26N4OS/c1-4-8-20-21(27)26(16-18-9-6-5-7-10-18)22(28-20)24-23-15-17-11-13-19(14-12-17)25(2)3/h5-7,9-15,20H,4,8,16H2,1-3H3. The lowest BCUT2D eigenvalue weighted by atomic mass is 10.2. The van der Waals surface area contributed by atoms with Crippen LogP contribution >= 0.6 is 11.8 Å². The lowest BCUT2D eigenvalue weighted by Crippen LogP contribution is -2.31. The van der Waals surface area contributed by atoms with Crippen LogP contribution in [0.5, 0.6) is 0 Å². The molecule has 0 bridgehead atoms. The van der Waals surface area contributed by atoms with E-state index in [1.165, 1.54) is 11.8 Å². The third-order valence-corrected chi connectivity index (χ3v) is 5.75. The Morgan fingerprint density at radius 2 is 1.82 bits per heavy atom. The molecule has 0 spiro atoms. The van der Waals surface area contributed by atoms with E-state index in [0.717, 1.165) is 29.7 Å². The minimum absolute atomic E-state index is 0.0676. The van der Waals surface area contributed by atoms with Gasteiger partial charge in [-0.2, -0.15) is 5.10 Å². The molecule has 3 rings (SSSR count). The largest absolute Gasteiger partial charge is 0.378 e. The van der Waals surface area contributed by atoms with Crippen LogP contribution in [0.4, 0.5) is 5.69 Å². The van der Waals surface area contributed by atoms with Gasteiger partial charge in [0.05, 0.1) is 18.0 Å². The average Bonchev–Trinajstić information content (AvgIpc) is 2.99. The van der Waals surface area contributed by atoms with Crippen LogP contribution in [0.2, 0.25) is 0 Å². The maximum Gasteiger partial charge on any atom is 0.242 e. The number of benzene rings is 2. The van der Waals surface area contributed by atoms with Gasteiger partial charge in [-0.15, -0.1) is 5.10 Å². The van der Waals surface area contributed by atoms with Gasteiger partial charge in [0.1, 0.15) is 0 Å². The van der Waals surface area contributed by atoms with Crippen LogP contribution in [0.25, 0.3) is 0 Å². The normalized spacial score (nSPS) is 18.4. The van der Waals surface area contributed by atoms with Gasteiger partial charge in [-0.1, -0.05) is 67.6 Å². The van der Waals surface area contributed by atoms with E-state index < -0.39 is 0 Å². The lowest BCUT2D eigenvalue weighted by molar-refractivity contribution is -0.126. The van der Waals surface area contributed by atoms with Crippen LogP contribution in [0.1, 0.15) is 30.9 Å². The van der Waals surface area contributed by atoms with Crippen molar-refractivity contribution >= 4 is 34.7 Å². The van der Waals surface area contributed by atoms with Gasteiger partial charge >= 0.3 is 0 Å². The predicted octanol–water partition coefficient (Wildman–Crippen LogP) is 4.39. The van der Waals surface area contributed by atoms with Gasteiger partial charge < -0.3 is 4.90 Å². The summed E-state index contributed by atoms with van der Waals surface area (Å²) in [6, 6.07) is 18.1. The fourth-order valence-corrected chi connectivity index (χ4v) is 4.16. The lowest BCUT2D eigenvalue weighted by Gasteiger charge is -2.15. The Balaban J connectivity index is 1.76. The molecule has 6 heteroatoms. The topological polar surface area (TPSA) is 48.3 Å². The summed E-state index contributed by atoms with van der Waals surface area (Å²) < 4.78 is 0. The summed E-state index contributed by atoms with van der Waals surface area (Å²) in [7, 11) is 4.02. The molecule has 1 fully saturated rings. The van der Waals surface area contributed by atoms with Crippen LogP contribution in [0, 0.1) is 0 Å². The summed E-state index contributed by atoms with van der Waals surface area (Å²) in [6.45, 7) is 2.62. The molecule has 2 aromatic carbocycles. The molecular weight excluding hydrogens is 368 g/mol. The highest BCUT2D eigenvalue weighted by molar-refractivity contribution is 8.15. The molecule has 0 saturated carbocycles. The second kappa shape index (κ2) is 9.55. The number of anilines is 1. The van der Waals surface area contributed by atoms with E-state index in [4.69, 9.17) is 0 Å². The van der Waals surface area contributed by atoms with E-state index in [9.17, 15) is 4.79 Å². The number of nitrogens with zero attached hydrogens (tertiary/aromatic N) is 4. The first-order chi connectivity index (χ1) is 13.6. The van der Waals surface area contributed by atoms with E-state index in [2.05, 4.69) is 22.0 Å². The Bertz CT molecular complexity index is 847. The van der Waals surface area contributed by atoms with E-state index >= 15 is 0 Å². The number of carbonyl (C=O) groups excluding carboxylic acids is 1. The fourth-order valence-electron chi connectivity index (χ4n) is 2.95. The fraction of sp³-hybridized carbons (Fsp3) is 0.318. The number of rotatable bonds is 7. The van der Waals surface area contributed by atoms with Crippen molar-refractivity contribution in [3.05, 3.63) is 65.7 Å².